The highest BCUT2D eigenvalue weighted by Crippen LogP contribution is 2.32. The summed E-state index contributed by atoms with van der Waals surface area (Å²) in [6.07, 6.45) is 3.99. The van der Waals surface area contributed by atoms with Crippen molar-refractivity contribution in [2.45, 2.75) is 32.2 Å². The van der Waals surface area contributed by atoms with Gasteiger partial charge in [-0.15, -0.1) is 0 Å². The van der Waals surface area contributed by atoms with E-state index < -0.39 is 0 Å². The summed E-state index contributed by atoms with van der Waals surface area (Å²) in [5, 5.41) is 6.33. The lowest BCUT2D eigenvalue weighted by atomic mass is 9.93. The predicted octanol–water partition coefficient (Wildman–Crippen LogP) is 1.81. The molecule has 5 heteroatoms. The largest absolute Gasteiger partial charge is 0.454 e. The van der Waals surface area contributed by atoms with Crippen molar-refractivity contribution >= 4 is 5.91 Å². The number of amides is 1. The number of rotatable bonds is 5. The van der Waals surface area contributed by atoms with Crippen molar-refractivity contribution in [2.75, 3.05) is 19.9 Å². The minimum Gasteiger partial charge on any atom is -0.454 e. The zero-order valence-electron chi connectivity index (χ0n) is 12.2. The smallest absolute Gasteiger partial charge is 0.231 e. The molecule has 2 aliphatic heterocycles. The van der Waals surface area contributed by atoms with Crippen molar-refractivity contribution in [3.63, 3.8) is 0 Å². The topological polar surface area (TPSA) is 59.6 Å². The van der Waals surface area contributed by atoms with Crippen molar-refractivity contribution < 1.29 is 14.3 Å². The van der Waals surface area contributed by atoms with E-state index in [-0.39, 0.29) is 12.7 Å². The zero-order chi connectivity index (χ0) is 14.5. The Hall–Kier alpha value is -1.75. The number of piperidine rings is 1. The number of fused-ring (bicyclic) bond motifs is 1. The third-order valence-corrected chi connectivity index (χ3v) is 4.17. The van der Waals surface area contributed by atoms with Crippen molar-refractivity contribution in [2.24, 2.45) is 5.92 Å². The Balaban J connectivity index is 1.41. The van der Waals surface area contributed by atoms with E-state index in [0.29, 0.717) is 18.9 Å². The summed E-state index contributed by atoms with van der Waals surface area (Å²) in [4.78, 5) is 11.9. The van der Waals surface area contributed by atoms with Gasteiger partial charge < -0.3 is 20.1 Å². The molecular formula is C16H22N2O3. The van der Waals surface area contributed by atoms with Crippen molar-refractivity contribution in [1.29, 1.82) is 0 Å². The molecule has 1 aromatic rings. The predicted molar refractivity (Wildman–Crippen MR) is 79.2 cm³/mol. The molecule has 1 aromatic carbocycles. The van der Waals surface area contributed by atoms with Crippen LogP contribution in [0.2, 0.25) is 0 Å². The van der Waals surface area contributed by atoms with E-state index in [9.17, 15) is 4.79 Å². The molecule has 2 aliphatic rings. The van der Waals surface area contributed by atoms with Gasteiger partial charge in [0.25, 0.3) is 0 Å². The first-order valence-electron chi connectivity index (χ1n) is 7.67. The molecule has 2 N–H and O–H groups in total. The van der Waals surface area contributed by atoms with Crippen LogP contribution in [0.1, 0.15) is 31.2 Å². The van der Waals surface area contributed by atoms with Crippen LogP contribution in [0.15, 0.2) is 18.2 Å². The molecule has 114 valence electrons. The van der Waals surface area contributed by atoms with Crippen LogP contribution in [0.3, 0.4) is 0 Å². The van der Waals surface area contributed by atoms with E-state index in [0.717, 1.165) is 36.6 Å². The molecule has 0 bridgehead atoms. The Kier molecular flexibility index (Phi) is 4.60. The summed E-state index contributed by atoms with van der Waals surface area (Å²) in [6.45, 7) is 3.00. The molecule has 1 saturated heterocycles. The fraction of sp³-hybridized carbons (Fsp3) is 0.562. The summed E-state index contributed by atoms with van der Waals surface area (Å²) in [7, 11) is 0. The van der Waals surface area contributed by atoms with E-state index in [2.05, 4.69) is 10.6 Å². The molecule has 0 radical (unpaired) electrons. The maximum absolute atomic E-state index is 11.9. The van der Waals surface area contributed by atoms with Crippen LogP contribution in [0, 0.1) is 5.92 Å². The van der Waals surface area contributed by atoms with Crippen LogP contribution in [-0.2, 0) is 11.3 Å². The fourth-order valence-electron chi connectivity index (χ4n) is 2.85. The van der Waals surface area contributed by atoms with Gasteiger partial charge in [-0.05, 0) is 56.0 Å². The second-order valence-electron chi connectivity index (χ2n) is 5.70. The molecule has 5 nitrogen and oxygen atoms in total. The average Bonchev–Trinajstić information content (AvgIpc) is 2.99. The first kappa shape index (κ1) is 14.2. The summed E-state index contributed by atoms with van der Waals surface area (Å²) >= 11 is 0. The second kappa shape index (κ2) is 6.80. The Morgan fingerprint density at radius 2 is 2.05 bits per heavy atom. The number of hydrogen-bond acceptors (Lipinski definition) is 4. The molecule has 1 fully saturated rings. The van der Waals surface area contributed by atoms with Crippen LogP contribution >= 0.6 is 0 Å². The Morgan fingerprint density at radius 1 is 1.24 bits per heavy atom. The summed E-state index contributed by atoms with van der Waals surface area (Å²) < 4.78 is 10.6. The summed E-state index contributed by atoms with van der Waals surface area (Å²) in [5.41, 5.74) is 1.04. The molecule has 0 saturated carbocycles. The third kappa shape index (κ3) is 3.88. The maximum atomic E-state index is 11.9. The van der Waals surface area contributed by atoms with Crippen molar-refractivity contribution in [3.8, 4) is 11.5 Å². The normalized spacial score (nSPS) is 17.7. The minimum absolute atomic E-state index is 0.131. The van der Waals surface area contributed by atoms with E-state index in [1.54, 1.807) is 0 Å². The lowest BCUT2D eigenvalue weighted by Gasteiger charge is -2.22. The Bertz CT molecular complexity index is 498. The number of carbonyl (C=O) groups excluding carboxylic acids is 1. The monoisotopic (exact) mass is 290 g/mol. The van der Waals surface area contributed by atoms with Gasteiger partial charge in [0.05, 0.1) is 0 Å². The maximum Gasteiger partial charge on any atom is 0.231 e. The van der Waals surface area contributed by atoms with E-state index >= 15 is 0 Å². The van der Waals surface area contributed by atoms with Gasteiger partial charge in [-0.3, -0.25) is 4.79 Å². The van der Waals surface area contributed by atoms with Crippen LogP contribution in [0.25, 0.3) is 0 Å². The fourth-order valence-corrected chi connectivity index (χ4v) is 2.85. The van der Waals surface area contributed by atoms with Gasteiger partial charge in [0.2, 0.25) is 12.7 Å². The molecular weight excluding hydrogens is 268 g/mol. The Morgan fingerprint density at radius 3 is 2.90 bits per heavy atom. The highest BCUT2D eigenvalue weighted by Gasteiger charge is 2.15. The van der Waals surface area contributed by atoms with Crippen LogP contribution in [-0.4, -0.2) is 25.8 Å². The van der Waals surface area contributed by atoms with Crippen molar-refractivity contribution in [3.05, 3.63) is 23.8 Å². The van der Waals surface area contributed by atoms with Crippen LogP contribution in [0.5, 0.6) is 11.5 Å². The van der Waals surface area contributed by atoms with Gasteiger partial charge in [-0.1, -0.05) is 6.07 Å². The SMILES string of the molecule is O=C(CCC1CCNCC1)NCc1ccc2c(c1)OCO2. The molecule has 0 atom stereocenters. The number of ether oxygens (including phenoxy) is 2. The number of carbonyl (C=O) groups is 1. The minimum atomic E-state index is 0.131. The molecule has 1 amide bonds. The molecule has 2 heterocycles. The summed E-state index contributed by atoms with van der Waals surface area (Å²) in [6, 6.07) is 5.77. The molecule has 3 rings (SSSR count). The van der Waals surface area contributed by atoms with E-state index in [4.69, 9.17) is 9.47 Å². The van der Waals surface area contributed by atoms with E-state index in [1.807, 2.05) is 18.2 Å². The number of hydrogen-bond donors (Lipinski definition) is 2. The zero-order valence-corrected chi connectivity index (χ0v) is 12.2. The number of benzene rings is 1. The van der Waals surface area contributed by atoms with Gasteiger partial charge in [0, 0.05) is 13.0 Å². The van der Waals surface area contributed by atoms with Gasteiger partial charge in [0.15, 0.2) is 11.5 Å². The van der Waals surface area contributed by atoms with Crippen LogP contribution < -0.4 is 20.1 Å². The highest BCUT2D eigenvalue weighted by atomic mass is 16.7. The second-order valence-corrected chi connectivity index (χ2v) is 5.70. The molecule has 0 aliphatic carbocycles. The number of nitrogens with one attached hydrogen (secondary N) is 2. The average molecular weight is 290 g/mol. The van der Waals surface area contributed by atoms with Crippen molar-refractivity contribution in [1.82, 2.24) is 10.6 Å². The van der Waals surface area contributed by atoms with Gasteiger partial charge in [0.1, 0.15) is 0 Å². The standard InChI is InChI=1S/C16H22N2O3/c19-16(4-2-12-5-7-17-8-6-12)18-10-13-1-3-14-15(9-13)21-11-20-14/h1,3,9,12,17H,2,4-8,10-11H2,(H,18,19). The lowest BCUT2D eigenvalue weighted by Crippen LogP contribution is -2.29. The lowest BCUT2D eigenvalue weighted by molar-refractivity contribution is -0.121. The van der Waals surface area contributed by atoms with Gasteiger partial charge in [-0.25, -0.2) is 0 Å². The van der Waals surface area contributed by atoms with E-state index in [1.165, 1.54) is 12.8 Å². The first-order chi connectivity index (χ1) is 10.3. The highest BCUT2D eigenvalue weighted by molar-refractivity contribution is 5.75. The first-order valence-corrected chi connectivity index (χ1v) is 7.67. The summed E-state index contributed by atoms with van der Waals surface area (Å²) in [5.74, 6) is 2.36. The molecule has 21 heavy (non-hydrogen) atoms. The molecule has 0 spiro atoms. The quantitative estimate of drug-likeness (QED) is 0.868. The van der Waals surface area contributed by atoms with Gasteiger partial charge in [-0.2, -0.15) is 0 Å². The Labute approximate surface area is 125 Å². The third-order valence-electron chi connectivity index (χ3n) is 4.17. The van der Waals surface area contributed by atoms with Crippen LogP contribution in [0.4, 0.5) is 0 Å². The van der Waals surface area contributed by atoms with Gasteiger partial charge >= 0.3 is 0 Å². The molecule has 0 unspecified atom stereocenters. The molecule has 0 aromatic heterocycles.